The van der Waals surface area contributed by atoms with Crippen LogP contribution in [0.4, 0.5) is 0 Å². The molecule has 0 bridgehead atoms. The van der Waals surface area contributed by atoms with E-state index in [1.807, 2.05) is 20.9 Å². The van der Waals surface area contributed by atoms with Gasteiger partial charge in [-0.2, -0.15) is 0 Å². The van der Waals surface area contributed by atoms with Crippen molar-refractivity contribution in [3.63, 3.8) is 0 Å². The van der Waals surface area contributed by atoms with Crippen LogP contribution in [0.5, 0.6) is 0 Å². The average molecular weight is 284 g/mol. The second kappa shape index (κ2) is 7.62. The Morgan fingerprint density at radius 2 is 1.80 bits per heavy atom. The molecule has 1 fully saturated rings. The molecule has 0 unspecified atom stereocenters. The van der Waals surface area contributed by atoms with Crippen molar-refractivity contribution in [2.75, 3.05) is 14.2 Å². The predicted molar refractivity (Wildman–Crippen MR) is 78.3 cm³/mol. The van der Waals surface area contributed by atoms with Crippen LogP contribution in [0.15, 0.2) is 0 Å². The average Bonchev–Trinajstić information content (AvgIpc) is 2.44. The standard InChI is InChI=1S/C15H28N2O3/c1-11(2)13(14(19)20-4)17-12(18)10-15(16-3)8-6-5-7-9-15/h11,13,16H,5-10H2,1-4H3,(H,17,18)/t13-/m0/s1. The fourth-order valence-corrected chi connectivity index (χ4v) is 2.90. The molecule has 1 rings (SSSR count). The van der Waals surface area contributed by atoms with Gasteiger partial charge in [0.2, 0.25) is 5.91 Å². The van der Waals surface area contributed by atoms with Crippen LogP contribution < -0.4 is 10.6 Å². The zero-order chi connectivity index (χ0) is 15.2. The largest absolute Gasteiger partial charge is 0.467 e. The van der Waals surface area contributed by atoms with Crippen LogP contribution in [0, 0.1) is 5.92 Å². The molecule has 1 saturated carbocycles. The Morgan fingerprint density at radius 3 is 2.25 bits per heavy atom. The lowest BCUT2D eigenvalue weighted by Crippen LogP contribution is -2.51. The van der Waals surface area contributed by atoms with Gasteiger partial charge in [-0.25, -0.2) is 4.79 Å². The van der Waals surface area contributed by atoms with Gasteiger partial charge in [-0.05, 0) is 25.8 Å². The number of nitrogens with one attached hydrogen (secondary N) is 2. The van der Waals surface area contributed by atoms with Crippen molar-refractivity contribution in [3.8, 4) is 0 Å². The van der Waals surface area contributed by atoms with Gasteiger partial charge < -0.3 is 15.4 Å². The van der Waals surface area contributed by atoms with Gasteiger partial charge >= 0.3 is 5.97 Å². The second-order valence-corrected chi connectivity index (χ2v) is 6.08. The third-order valence-electron chi connectivity index (χ3n) is 4.28. The molecule has 1 atom stereocenters. The van der Waals surface area contributed by atoms with Crippen LogP contribution in [0.25, 0.3) is 0 Å². The van der Waals surface area contributed by atoms with E-state index in [-0.39, 0.29) is 23.3 Å². The topological polar surface area (TPSA) is 67.4 Å². The smallest absolute Gasteiger partial charge is 0.328 e. The highest BCUT2D eigenvalue weighted by Crippen LogP contribution is 2.30. The first-order valence-corrected chi connectivity index (χ1v) is 7.50. The molecule has 1 aliphatic rings. The summed E-state index contributed by atoms with van der Waals surface area (Å²) in [4.78, 5) is 23.9. The van der Waals surface area contributed by atoms with Gasteiger partial charge in [-0.1, -0.05) is 33.1 Å². The van der Waals surface area contributed by atoms with Crippen molar-refractivity contribution in [3.05, 3.63) is 0 Å². The Morgan fingerprint density at radius 1 is 1.20 bits per heavy atom. The van der Waals surface area contributed by atoms with E-state index in [4.69, 9.17) is 4.74 Å². The Bertz CT molecular complexity index is 336. The minimum absolute atomic E-state index is 0.0169. The minimum atomic E-state index is -0.565. The first-order chi connectivity index (χ1) is 9.44. The molecule has 0 heterocycles. The van der Waals surface area contributed by atoms with Crippen molar-refractivity contribution in [1.29, 1.82) is 0 Å². The van der Waals surface area contributed by atoms with Crippen molar-refractivity contribution >= 4 is 11.9 Å². The molecule has 5 nitrogen and oxygen atoms in total. The van der Waals surface area contributed by atoms with E-state index in [1.165, 1.54) is 13.5 Å². The first-order valence-electron chi connectivity index (χ1n) is 7.50. The normalized spacial score (nSPS) is 19.4. The highest BCUT2D eigenvalue weighted by atomic mass is 16.5. The lowest BCUT2D eigenvalue weighted by atomic mass is 9.79. The number of ether oxygens (including phenoxy) is 1. The summed E-state index contributed by atoms with van der Waals surface area (Å²) in [7, 11) is 3.26. The molecule has 116 valence electrons. The zero-order valence-electron chi connectivity index (χ0n) is 13.1. The summed E-state index contributed by atoms with van der Waals surface area (Å²) in [6.45, 7) is 3.80. The van der Waals surface area contributed by atoms with E-state index in [2.05, 4.69) is 10.6 Å². The summed E-state index contributed by atoms with van der Waals surface area (Å²) < 4.78 is 4.75. The van der Waals surface area contributed by atoms with Crippen molar-refractivity contribution < 1.29 is 14.3 Å². The molecule has 5 heteroatoms. The molecule has 0 aromatic rings. The summed E-state index contributed by atoms with van der Waals surface area (Å²) >= 11 is 0. The van der Waals surface area contributed by atoms with Gasteiger partial charge in [-0.15, -0.1) is 0 Å². The maximum absolute atomic E-state index is 12.3. The van der Waals surface area contributed by atoms with E-state index in [0.717, 1.165) is 25.7 Å². The molecule has 0 spiro atoms. The first kappa shape index (κ1) is 17.0. The van der Waals surface area contributed by atoms with Gasteiger partial charge in [0.1, 0.15) is 6.04 Å². The molecule has 0 saturated heterocycles. The maximum atomic E-state index is 12.3. The zero-order valence-corrected chi connectivity index (χ0v) is 13.1. The van der Waals surface area contributed by atoms with Crippen LogP contribution in [-0.2, 0) is 14.3 Å². The SMILES string of the molecule is CNC1(CC(=O)N[C@H](C(=O)OC)C(C)C)CCCCC1. The molecule has 0 aromatic carbocycles. The Kier molecular flexibility index (Phi) is 6.46. The van der Waals surface area contributed by atoms with E-state index >= 15 is 0 Å². The Balaban J connectivity index is 2.62. The van der Waals surface area contributed by atoms with Crippen molar-refractivity contribution in [2.45, 2.75) is 64.0 Å². The maximum Gasteiger partial charge on any atom is 0.328 e. The predicted octanol–water partition coefficient (Wildman–Crippen LogP) is 1.61. The van der Waals surface area contributed by atoms with Gasteiger partial charge in [0.05, 0.1) is 7.11 Å². The number of hydrogen-bond acceptors (Lipinski definition) is 4. The highest BCUT2D eigenvalue weighted by Gasteiger charge is 2.34. The summed E-state index contributed by atoms with van der Waals surface area (Å²) in [6.07, 6.45) is 5.99. The number of amides is 1. The van der Waals surface area contributed by atoms with Crippen LogP contribution in [0.3, 0.4) is 0 Å². The summed E-state index contributed by atoms with van der Waals surface area (Å²) in [6, 6.07) is -0.565. The number of hydrogen-bond donors (Lipinski definition) is 2. The molecule has 2 N–H and O–H groups in total. The lowest BCUT2D eigenvalue weighted by molar-refractivity contribution is -0.146. The van der Waals surface area contributed by atoms with E-state index in [1.54, 1.807) is 0 Å². The quantitative estimate of drug-likeness (QED) is 0.727. The molecular formula is C15H28N2O3. The fourth-order valence-electron chi connectivity index (χ4n) is 2.90. The lowest BCUT2D eigenvalue weighted by Gasteiger charge is -2.37. The summed E-state index contributed by atoms with van der Waals surface area (Å²) in [5, 5.41) is 6.14. The summed E-state index contributed by atoms with van der Waals surface area (Å²) in [5.41, 5.74) is -0.111. The van der Waals surface area contributed by atoms with Crippen molar-refractivity contribution in [2.24, 2.45) is 5.92 Å². The van der Waals surface area contributed by atoms with E-state index in [9.17, 15) is 9.59 Å². The molecular weight excluding hydrogens is 256 g/mol. The van der Waals surface area contributed by atoms with Gasteiger partial charge in [0.15, 0.2) is 0 Å². The van der Waals surface area contributed by atoms with Crippen LogP contribution in [0.2, 0.25) is 0 Å². The molecule has 1 aliphatic carbocycles. The van der Waals surface area contributed by atoms with Gasteiger partial charge in [-0.3, -0.25) is 4.79 Å². The minimum Gasteiger partial charge on any atom is -0.467 e. The molecule has 0 radical (unpaired) electrons. The third-order valence-corrected chi connectivity index (χ3v) is 4.28. The highest BCUT2D eigenvalue weighted by molar-refractivity contribution is 5.85. The molecule has 0 aromatic heterocycles. The second-order valence-electron chi connectivity index (χ2n) is 6.08. The van der Waals surface area contributed by atoms with E-state index in [0.29, 0.717) is 6.42 Å². The van der Waals surface area contributed by atoms with Gasteiger partial charge in [0.25, 0.3) is 0 Å². The number of carbonyl (C=O) groups is 2. The number of methoxy groups -OCH3 is 1. The number of rotatable bonds is 6. The van der Waals surface area contributed by atoms with Crippen LogP contribution in [0.1, 0.15) is 52.4 Å². The number of carbonyl (C=O) groups excluding carboxylic acids is 2. The van der Waals surface area contributed by atoms with Crippen molar-refractivity contribution in [1.82, 2.24) is 10.6 Å². The monoisotopic (exact) mass is 284 g/mol. The third kappa shape index (κ3) is 4.47. The van der Waals surface area contributed by atoms with Crippen LogP contribution >= 0.6 is 0 Å². The Labute approximate surface area is 121 Å². The molecule has 0 aliphatic heterocycles. The fraction of sp³-hybridized carbons (Fsp3) is 0.867. The van der Waals surface area contributed by atoms with Crippen LogP contribution in [-0.4, -0.2) is 37.6 Å². The summed E-state index contributed by atoms with van der Waals surface area (Å²) in [5.74, 6) is -0.441. The van der Waals surface area contributed by atoms with E-state index < -0.39 is 6.04 Å². The Hall–Kier alpha value is -1.10. The molecule has 20 heavy (non-hydrogen) atoms. The molecule has 1 amide bonds. The number of esters is 1. The van der Waals surface area contributed by atoms with Gasteiger partial charge in [0, 0.05) is 12.0 Å².